The lowest BCUT2D eigenvalue weighted by molar-refractivity contribution is -0.870. The van der Waals surface area contributed by atoms with E-state index >= 15 is 0 Å². The summed E-state index contributed by atoms with van der Waals surface area (Å²) in [5, 5.41) is 14.0. The van der Waals surface area contributed by atoms with Crippen molar-refractivity contribution in [3.63, 3.8) is 0 Å². The van der Waals surface area contributed by atoms with E-state index < -0.39 is 20.0 Å². The Morgan fingerprint density at radius 3 is 1.16 bits per heavy atom. The molecule has 0 saturated heterocycles. The third kappa shape index (κ3) is 58.8. The van der Waals surface area contributed by atoms with Crippen molar-refractivity contribution < 1.29 is 32.9 Å². The van der Waals surface area contributed by atoms with Crippen LogP contribution in [0.25, 0.3) is 0 Å². The predicted molar refractivity (Wildman–Crippen MR) is 332 cm³/mol. The van der Waals surface area contributed by atoms with Gasteiger partial charge in [0, 0.05) is 6.42 Å². The Kier molecular flexibility index (Phi) is 54.7. The zero-order chi connectivity index (χ0) is 55.6. The molecule has 76 heavy (non-hydrogen) atoms. The van der Waals surface area contributed by atoms with Crippen LogP contribution in [0.5, 0.6) is 0 Å². The first kappa shape index (κ1) is 73.2. The van der Waals surface area contributed by atoms with Crippen LogP contribution in [0.3, 0.4) is 0 Å². The molecule has 0 heterocycles. The highest BCUT2D eigenvalue weighted by molar-refractivity contribution is 7.47. The molecule has 0 radical (unpaired) electrons. The molecule has 8 nitrogen and oxygen atoms in total. The Bertz CT molecular complexity index is 1600. The molecule has 0 rings (SSSR count). The number of hydrogen-bond donors (Lipinski definition) is 3. The summed E-state index contributed by atoms with van der Waals surface area (Å²) >= 11 is 0. The Morgan fingerprint density at radius 1 is 0.461 bits per heavy atom. The van der Waals surface area contributed by atoms with Crippen LogP contribution in [0.1, 0.15) is 258 Å². The van der Waals surface area contributed by atoms with Crippen LogP contribution in [0.15, 0.2) is 109 Å². The molecule has 9 heteroatoms. The fraction of sp³-hybridized carbons (Fsp3) is 0.716. The fourth-order valence-electron chi connectivity index (χ4n) is 8.65. The smallest absolute Gasteiger partial charge is 0.387 e. The molecule has 3 atom stereocenters. The molecule has 0 bridgehead atoms. The van der Waals surface area contributed by atoms with Crippen LogP contribution in [0, 0.1) is 0 Å². The number of phosphoric acid groups is 1. The van der Waals surface area contributed by atoms with Crippen molar-refractivity contribution in [3.8, 4) is 0 Å². The van der Waals surface area contributed by atoms with Crippen LogP contribution >= 0.6 is 7.82 Å². The number of unbranched alkanes of at least 4 members (excludes halogenated alkanes) is 27. The molecule has 3 unspecified atom stereocenters. The van der Waals surface area contributed by atoms with Gasteiger partial charge in [0.2, 0.25) is 5.91 Å². The summed E-state index contributed by atoms with van der Waals surface area (Å²) in [4.78, 5) is 23.4. The highest BCUT2D eigenvalue weighted by atomic mass is 31.2. The van der Waals surface area contributed by atoms with E-state index in [1.165, 1.54) is 135 Å². The first-order chi connectivity index (χ1) is 37.0. The van der Waals surface area contributed by atoms with Gasteiger partial charge in [-0.05, 0) is 83.5 Å². The van der Waals surface area contributed by atoms with Gasteiger partial charge in [0.15, 0.2) is 0 Å². The number of carbonyl (C=O) groups is 1. The predicted octanol–water partition coefficient (Wildman–Crippen LogP) is 19.5. The lowest BCUT2D eigenvalue weighted by Gasteiger charge is -2.25. The molecule has 1 amide bonds. The third-order valence-corrected chi connectivity index (χ3v) is 14.5. The molecule has 0 aromatic heterocycles. The lowest BCUT2D eigenvalue weighted by Crippen LogP contribution is -2.45. The average Bonchev–Trinajstić information content (AvgIpc) is 3.38. The first-order valence-corrected chi connectivity index (χ1v) is 32.8. The molecule has 0 aromatic carbocycles. The topological polar surface area (TPSA) is 105 Å². The second-order valence-electron chi connectivity index (χ2n) is 22.1. The van der Waals surface area contributed by atoms with E-state index in [-0.39, 0.29) is 19.1 Å². The number of aliphatic hydroxyl groups is 1. The summed E-state index contributed by atoms with van der Waals surface area (Å²) in [7, 11) is 1.54. The molecule has 0 aliphatic rings. The molecule has 0 spiro atoms. The normalized spacial score (nSPS) is 14.6. The zero-order valence-corrected chi connectivity index (χ0v) is 50.9. The molecule has 3 N–H and O–H groups in total. The first-order valence-electron chi connectivity index (χ1n) is 31.3. The van der Waals surface area contributed by atoms with Gasteiger partial charge >= 0.3 is 7.82 Å². The minimum atomic E-state index is -4.37. The maximum atomic E-state index is 13.0. The van der Waals surface area contributed by atoms with Crippen LogP contribution in [0.2, 0.25) is 0 Å². The average molecular weight is 1080 g/mol. The number of hydrogen-bond acceptors (Lipinski definition) is 5. The van der Waals surface area contributed by atoms with Gasteiger partial charge in [-0.1, -0.05) is 277 Å². The standard InChI is InChI=1S/C67H119N2O6P/c1-6-8-10-12-14-16-18-20-22-24-26-28-30-32-33-34-35-37-39-41-43-45-47-49-51-53-55-57-59-61-67(71)68-65(64-75-76(72,73)74-63-62-69(3,4)5)66(70)60-58-56-54-52-50-48-46-44-42-40-38-36-31-29-27-25-23-21-19-17-15-13-11-9-7-2/h8,10,14,16,20,22,26,28,32-33,35,37,41,43,47,49,58,60,65-66,70H,6-7,9,11-13,15,17-19,21,23-25,27,29-31,34,36,38-40,42,44-46,48,50-57,59,61-64H2,1-5H3,(H-,68,71,72,73)/p+1/b10-8-,16-14-,22-20-,28-26-,33-32-,37-35-,43-41-,49-47-,60-58+. The van der Waals surface area contributed by atoms with Gasteiger partial charge in [-0.2, -0.15) is 0 Å². The Morgan fingerprint density at radius 2 is 0.789 bits per heavy atom. The zero-order valence-electron chi connectivity index (χ0n) is 50.0. The van der Waals surface area contributed by atoms with Gasteiger partial charge in [0.05, 0.1) is 39.9 Å². The fourth-order valence-corrected chi connectivity index (χ4v) is 9.38. The Hall–Kier alpha value is -2.84. The molecule has 0 aliphatic carbocycles. The van der Waals surface area contributed by atoms with Crippen molar-refractivity contribution in [2.24, 2.45) is 0 Å². The molecule has 0 fully saturated rings. The van der Waals surface area contributed by atoms with Gasteiger partial charge in [-0.15, -0.1) is 0 Å². The number of amides is 1. The summed E-state index contributed by atoms with van der Waals surface area (Å²) in [5.41, 5.74) is 0. The number of likely N-dealkylation sites (N-methyl/N-ethyl adjacent to an activating group) is 1. The highest BCUT2D eigenvalue weighted by Gasteiger charge is 2.27. The van der Waals surface area contributed by atoms with E-state index in [2.05, 4.69) is 116 Å². The summed E-state index contributed by atoms with van der Waals surface area (Å²) in [5.74, 6) is -0.203. The molecule has 0 aromatic rings. The van der Waals surface area contributed by atoms with Gasteiger partial charge < -0.3 is 19.8 Å². The van der Waals surface area contributed by atoms with Crippen molar-refractivity contribution in [1.29, 1.82) is 0 Å². The summed E-state index contributed by atoms with van der Waals surface area (Å²) in [6.07, 6.45) is 83.4. The number of aliphatic hydroxyl groups excluding tert-OH is 1. The van der Waals surface area contributed by atoms with Crippen LogP contribution in [0.4, 0.5) is 0 Å². The van der Waals surface area contributed by atoms with Crippen LogP contribution < -0.4 is 5.32 Å². The highest BCUT2D eigenvalue weighted by Crippen LogP contribution is 2.43. The molecule has 0 saturated carbocycles. The van der Waals surface area contributed by atoms with Crippen LogP contribution in [-0.4, -0.2) is 73.4 Å². The van der Waals surface area contributed by atoms with Gasteiger partial charge in [0.25, 0.3) is 0 Å². The summed E-state index contributed by atoms with van der Waals surface area (Å²) in [6, 6.07) is -0.870. The van der Waals surface area contributed by atoms with Gasteiger partial charge in [-0.25, -0.2) is 4.57 Å². The number of quaternary nitrogens is 1. The Balaban J connectivity index is 4.27. The van der Waals surface area contributed by atoms with Gasteiger partial charge in [-0.3, -0.25) is 13.8 Å². The second-order valence-corrected chi connectivity index (χ2v) is 23.5. The van der Waals surface area contributed by atoms with E-state index in [1.54, 1.807) is 6.08 Å². The van der Waals surface area contributed by atoms with Crippen molar-refractivity contribution in [2.75, 3.05) is 40.9 Å². The number of allylic oxidation sites excluding steroid dienone is 17. The minimum Gasteiger partial charge on any atom is -0.387 e. The molecule has 438 valence electrons. The largest absolute Gasteiger partial charge is 0.472 e. The van der Waals surface area contributed by atoms with Crippen molar-refractivity contribution in [3.05, 3.63) is 109 Å². The van der Waals surface area contributed by atoms with Crippen molar-refractivity contribution in [2.45, 2.75) is 270 Å². The minimum absolute atomic E-state index is 0.0505. The van der Waals surface area contributed by atoms with E-state index in [9.17, 15) is 19.4 Å². The number of rotatable bonds is 56. The van der Waals surface area contributed by atoms with Crippen molar-refractivity contribution in [1.82, 2.24) is 5.32 Å². The quantitative estimate of drug-likeness (QED) is 0.0243. The maximum Gasteiger partial charge on any atom is 0.472 e. The Labute approximate surface area is 470 Å². The maximum absolute atomic E-state index is 13.0. The number of nitrogens with zero attached hydrogens (tertiary/aromatic N) is 1. The third-order valence-electron chi connectivity index (χ3n) is 13.5. The van der Waals surface area contributed by atoms with E-state index in [0.29, 0.717) is 17.4 Å². The van der Waals surface area contributed by atoms with Gasteiger partial charge in [0.1, 0.15) is 13.2 Å². The van der Waals surface area contributed by atoms with E-state index in [0.717, 1.165) is 103 Å². The number of phosphoric ester groups is 1. The van der Waals surface area contributed by atoms with Crippen molar-refractivity contribution >= 4 is 13.7 Å². The SMILES string of the molecule is CC/C=C\C/C=C\C/C=C\C/C=C\C/C=C\C/C=C\C/C=C\C/C=C\CCCCCCC(=O)NC(COP(=O)(O)OCC[N+](C)(C)C)C(O)/C=C/CCCCCCCCCCCCCCCCCCCCCCCCC. The monoisotopic (exact) mass is 1080 g/mol. The number of carbonyl (C=O) groups excluding carboxylic acids is 1. The van der Waals surface area contributed by atoms with E-state index in [1.807, 2.05) is 27.2 Å². The molecule has 0 aliphatic heterocycles. The number of nitrogens with one attached hydrogen (secondary N) is 1. The summed E-state index contributed by atoms with van der Waals surface area (Å²) < 4.78 is 23.7. The molecular weight excluding hydrogens is 960 g/mol. The second kappa shape index (κ2) is 56.9. The lowest BCUT2D eigenvalue weighted by atomic mass is 10.0. The van der Waals surface area contributed by atoms with E-state index in [4.69, 9.17) is 9.05 Å². The van der Waals surface area contributed by atoms with Crippen LogP contribution in [-0.2, 0) is 18.4 Å². The summed E-state index contributed by atoms with van der Waals surface area (Å²) in [6.45, 7) is 4.69. The molecular formula is C67H120N2O6P+.